The van der Waals surface area contributed by atoms with Crippen molar-refractivity contribution in [2.24, 2.45) is 11.7 Å². The fourth-order valence-corrected chi connectivity index (χ4v) is 3.36. The average molecular weight is 297 g/mol. The van der Waals surface area contributed by atoms with Crippen LogP contribution in [0.25, 0.3) is 0 Å². The highest BCUT2D eigenvalue weighted by Crippen LogP contribution is 2.34. The first-order chi connectivity index (χ1) is 9.97. The first-order valence-corrected chi connectivity index (χ1v) is 8.03. The monoisotopic (exact) mass is 297 g/mol. The van der Waals surface area contributed by atoms with Gasteiger partial charge in [0.15, 0.2) is 0 Å². The normalized spacial score (nSPS) is 31.0. The highest BCUT2D eigenvalue weighted by molar-refractivity contribution is 5.86. The van der Waals surface area contributed by atoms with E-state index >= 15 is 0 Å². The molecule has 0 aromatic rings. The fourth-order valence-electron chi connectivity index (χ4n) is 3.36. The van der Waals surface area contributed by atoms with Crippen LogP contribution in [0.2, 0.25) is 0 Å². The zero-order valence-electron chi connectivity index (χ0n) is 12.8. The Balaban J connectivity index is 1.97. The first-order valence-electron chi connectivity index (χ1n) is 8.03. The zero-order valence-corrected chi connectivity index (χ0v) is 12.8. The Morgan fingerprint density at radius 1 is 1.24 bits per heavy atom. The molecule has 1 heterocycles. The summed E-state index contributed by atoms with van der Waals surface area (Å²) in [5.41, 5.74) is 4.75. The summed E-state index contributed by atoms with van der Waals surface area (Å²) in [6, 6.07) is -0.0956. The number of carbonyl (C=O) groups excluding carboxylic acids is 1. The molecule has 6 nitrogen and oxygen atoms in total. The van der Waals surface area contributed by atoms with Crippen molar-refractivity contribution in [2.45, 2.75) is 63.5 Å². The Morgan fingerprint density at radius 3 is 2.29 bits per heavy atom. The predicted octanol–water partition coefficient (Wildman–Crippen LogP) is 1.54. The van der Waals surface area contributed by atoms with Gasteiger partial charge in [-0.25, -0.2) is 9.59 Å². The molecule has 0 aromatic carbocycles. The number of carbonyl (C=O) groups is 2. The maximum absolute atomic E-state index is 12.3. The SMILES string of the molecule is CCC1CCC(NC(=O)N2CCC(N)CC2)(C(=O)O)CC1. The summed E-state index contributed by atoms with van der Waals surface area (Å²) in [5, 5.41) is 12.4. The van der Waals surface area contributed by atoms with Crippen molar-refractivity contribution < 1.29 is 14.7 Å². The van der Waals surface area contributed by atoms with Crippen LogP contribution in [-0.2, 0) is 4.79 Å². The van der Waals surface area contributed by atoms with Gasteiger partial charge in [-0.2, -0.15) is 0 Å². The Hall–Kier alpha value is -1.30. The number of amides is 2. The van der Waals surface area contributed by atoms with Crippen molar-refractivity contribution in [1.29, 1.82) is 0 Å². The molecule has 0 atom stereocenters. The van der Waals surface area contributed by atoms with Crippen molar-refractivity contribution in [1.82, 2.24) is 10.2 Å². The molecule has 0 radical (unpaired) electrons. The molecule has 0 spiro atoms. The van der Waals surface area contributed by atoms with Crippen LogP contribution < -0.4 is 11.1 Å². The van der Waals surface area contributed by atoms with Gasteiger partial charge in [-0.15, -0.1) is 0 Å². The molecule has 2 fully saturated rings. The first kappa shape index (κ1) is 16.1. The highest BCUT2D eigenvalue weighted by atomic mass is 16.4. The van der Waals surface area contributed by atoms with Gasteiger partial charge in [-0.05, 0) is 44.4 Å². The molecule has 2 amide bonds. The van der Waals surface area contributed by atoms with Crippen molar-refractivity contribution in [3.63, 3.8) is 0 Å². The zero-order chi connectivity index (χ0) is 15.5. The molecule has 2 rings (SSSR count). The molecule has 21 heavy (non-hydrogen) atoms. The fraction of sp³-hybridized carbons (Fsp3) is 0.867. The van der Waals surface area contributed by atoms with Crippen LogP contribution >= 0.6 is 0 Å². The molecule has 6 heteroatoms. The van der Waals surface area contributed by atoms with Crippen LogP contribution in [0, 0.1) is 5.92 Å². The van der Waals surface area contributed by atoms with Crippen molar-refractivity contribution in [3.05, 3.63) is 0 Å². The summed E-state index contributed by atoms with van der Waals surface area (Å²) in [7, 11) is 0. The molecule has 1 saturated heterocycles. The number of likely N-dealkylation sites (tertiary alicyclic amines) is 1. The minimum Gasteiger partial charge on any atom is -0.480 e. The van der Waals surface area contributed by atoms with Gasteiger partial charge in [0.05, 0.1) is 0 Å². The maximum Gasteiger partial charge on any atom is 0.329 e. The molecule has 0 bridgehead atoms. The number of piperidine rings is 1. The second kappa shape index (κ2) is 6.64. The molecule has 4 N–H and O–H groups in total. The van der Waals surface area contributed by atoms with Gasteiger partial charge in [0.25, 0.3) is 0 Å². The quantitative estimate of drug-likeness (QED) is 0.736. The van der Waals surface area contributed by atoms with Crippen molar-refractivity contribution in [2.75, 3.05) is 13.1 Å². The standard InChI is InChI=1S/C15H27N3O3/c1-2-11-3-7-15(8-4-11,13(19)20)17-14(21)18-9-5-12(16)6-10-18/h11-12H,2-10,16H2,1H3,(H,17,21)(H,19,20). The second-order valence-corrected chi connectivity index (χ2v) is 6.49. The van der Waals surface area contributed by atoms with E-state index in [9.17, 15) is 14.7 Å². The van der Waals surface area contributed by atoms with E-state index in [1.807, 2.05) is 0 Å². The average Bonchev–Trinajstić information content (AvgIpc) is 2.48. The smallest absolute Gasteiger partial charge is 0.329 e. The van der Waals surface area contributed by atoms with E-state index in [0.717, 1.165) is 32.1 Å². The molecule has 2 aliphatic rings. The number of nitrogens with one attached hydrogen (secondary N) is 1. The molecular weight excluding hydrogens is 270 g/mol. The van der Waals surface area contributed by atoms with Crippen LogP contribution in [-0.4, -0.2) is 46.7 Å². The van der Waals surface area contributed by atoms with Gasteiger partial charge >= 0.3 is 12.0 Å². The number of carboxylic acid groups (broad SMARTS) is 1. The van der Waals surface area contributed by atoms with Crippen LogP contribution in [0.5, 0.6) is 0 Å². The lowest BCUT2D eigenvalue weighted by Gasteiger charge is -2.39. The lowest BCUT2D eigenvalue weighted by atomic mass is 9.75. The summed E-state index contributed by atoms with van der Waals surface area (Å²) in [4.78, 5) is 25.7. The second-order valence-electron chi connectivity index (χ2n) is 6.49. The van der Waals surface area contributed by atoms with E-state index in [1.54, 1.807) is 4.90 Å². The number of hydrogen-bond acceptors (Lipinski definition) is 3. The van der Waals surface area contributed by atoms with Crippen LogP contribution in [0.3, 0.4) is 0 Å². The van der Waals surface area contributed by atoms with E-state index in [1.165, 1.54) is 0 Å². The highest BCUT2D eigenvalue weighted by Gasteiger charge is 2.43. The summed E-state index contributed by atoms with van der Waals surface area (Å²) in [6.07, 6.45) is 5.44. The number of carboxylic acids is 1. The minimum absolute atomic E-state index is 0.155. The van der Waals surface area contributed by atoms with Crippen LogP contribution in [0.1, 0.15) is 51.9 Å². The third kappa shape index (κ3) is 3.67. The Bertz CT molecular complexity index is 384. The Labute approximate surface area is 126 Å². The molecule has 120 valence electrons. The van der Waals surface area contributed by atoms with E-state index in [-0.39, 0.29) is 12.1 Å². The lowest BCUT2D eigenvalue weighted by molar-refractivity contribution is -0.146. The minimum atomic E-state index is -1.08. The lowest BCUT2D eigenvalue weighted by Crippen LogP contribution is -2.60. The number of urea groups is 1. The molecule has 0 aromatic heterocycles. The predicted molar refractivity (Wildman–Crippen MR) is 79.9 cm³/mol. The number of rotatable bonds is 3. The van der Waals surface area contributed by atoms with Crippen LogP contribution in [0.15, 0.2) is 0 Å². The van der Waals surface area contributed by atoms with Gasteiger partial charge in [-0.3, -0.25) is 0 Å². The van der Waals surface area contributed by atoms with E-state index in [0.29, 0.717) is 31.8 Å². The Morgan fingerprint density at radius 2 is 1.81 bits per heavy atom. The summed E-state index contributed by atoms with van der Waals surface area (Å²) in [6.45, 7) is 3.36. The van der Waals surface area contributed by atoms with E-state index < -0.39 is 11.5 Å². The van der Waals surface area contributed by atoms with Crippen molar-refractivity contribution in [3.8, 4) is 0 Å². The molecule has 1 aliphatic heterocycles. The Kier molecular flexibility index (Phi) is 5.08. The molecule has 1 aliphatic carbocycles. The summed E-state index contributed by atoms with van der Waals surface area (Å²) < 4.78 is 0. The van der Waals surface area contributed by atoms with Gasteiger partial charge in [0.2, 0.25) is 0 Å². The third-order valence-corrected chi connectivity index (χ3v) is 5.12. The van der Waals surface area contributed by atoms with Crippen molar-refractivity contribution >= 4 is 12.0 Å². The molecule has 1 saturated carbocycles. The maximum atomic E-state index is 12.3. The molecular formula is C15H27N3O3. The largest absolute Gasteiger partial charge is 0.480 e. The van der Waals surface area contributed by atoms with Gasteiger partial charge in [-0.1, -0.05) is 13.3 Å². The van der Waals surface area contributed by atoms with E-state index in [2.05, 4.69) is 12.2 Å². The van der Waals surface area contributed by atoms with Gasteiger partial charge < -0.3 is 21.1 Å². The van der Waals surface area contributed by atoms with Crippen LogP contribution in [0.4, 0.5) is 4.79 Å². The number of aliphatic carboxylic acids is 1. The third-order valence-electron chi connectivity index (χ3n) is 5.12. The number of hydrogen-bond donors (Lipinski definition) is 3. The van der Waals surface area contributed by atoms with Gasteiger partial charge in [0, 0.05) is 19.1 Å². The number of nitrogens with zero attached hydrogens (tertiary/aromatic N) is 1. The summed E-state index contributed by atoms with van der Waals surface area (Å²) in [5.74, 6) is -0.318. The summed E-state index contributed by atoms with van der Waals surface area (Å²) >= 11 is 0. The topological polar surface area (TPSA) is 95.7 Å². The van der Waals surface area contributed by atoms with E-state index in [4.69, 9.17) is 5.73 Å². The number of nitrogens with two attached hydrogens (primary N) is 1. The van der Waals surface area contributed by atoms with Gasteiger partial charge in [0.1, 0.15) is 5.54 Å². The molecule has 0 unspecified atom stereocenters.